The lowest BCUT2D eigenvalue weighted by atomic mass is 9.90. The Bertz CT molecular complexity index is 914. The highest BCUT2D eigenvalue weighted by Gasteiger charge is 2.36. The number of hydrogen-bond acceptors (Lipinski definition) is 7. The maximum Gasteiger partial charge on any atom is 0.182 e. The average molecular weight is 424 g/mol. The van der Waals surface area contributed by atoms with Gasteiger partial charge in [0.15, 0.2) is 5.78 Å². The molecule has 7 heteroatoms. The second-order valence-corrected chi connectivity index (χ2v) is 8.83. The number of anilines is 4. The van der Waals surface area contributed by atoms with E-state index in [1.807, 2.05) is 44.2 Å². The fourth-order valence-electron chi connectivity index (χ4n) is 4.51. The number of hydrogen-bond donors (Lipinski definition) is 2. The summed E-state index contributed by atoms with van der Waals surface area (Å²) in [5.41, 5.74) is 15.8. The summed E-state index contributed by atoms with van der Waals surface area (Å²) < 4.78 is 5.44. The van der Waals surface area contributed by atoms with E-state index in [1.54, 1.807) is 0 Å². The van der Waals surface area contributed by atoms with Crippen molar-refractivity contribution in [3.63, 3.8) is 0 Å². The van der Waals surface area contributed by atoms with Crippen molar-refractivity contribution in [2.24, 2.45) is 0 Å². The molecule has 0 radical (unpaired) electrons. The molecule has 2 aliphatic heterocycles. The summed E-state index contributed by atoms with van der Waals surface area (Å²) in [6.07, 6.45) is 0. The normalized spacial score (nSPS) is 18.3. The number of piperazine rings is 1. The fraction of sp³-hybridized carbons (Fsp3) is 0.458. The van der Waals surface area contributed by atoms with Crippen molar-refractivity contribution in [1.29, 1.82) is 0 Å². The van der Waals surface area contributed by atoms with E-state index in [1.165, 1.54) is 0 Å². The van der Waals surface area contributed by atoms with Gasteiger partial charge in [0.1, 0.15) is 0 Å². The number of morpholine rings is 1. The van der Waals surface area contributed by atoms with Crippen LogP contribution in [-0.2, 0) is 4.74 Å². The third-order valence-electron chi connectivity index (χ3n) is 6.52. The van der Waals surface area contributed by atoms with Gasteiger partial charge in [0.05, 0.1) is 30.1 Å². The van der Waals surface area contributed by atoms with E-state index in [0.29, 0.717) is 18.9 Å². The zero-order valence-electron chi connectivity index (χ0n) is 18.5. The van der Waals surface area contributed by atoms with Gasteiger partial charge in [0.2, 0.25) is 0 Å². The minimum absolute atomic E-state index is 0.157. The summed E-state index contributed by atoms with van der Waals surface area (Å²) in [6, 6.07) is 13.8. The summed E-state index contributed by atoms with van der Waals surface area (Å²) in [6.45, 7) is 10.5. The molecule has 2 saturated heterocycles. The minimum atomic E-state index is -0.532. The van der Waals surface area contributed by atoms with Crippen molar-refractivity contribution in [3.8, 4) is 0 Å². The summed E-state index contributed by atoms with van der Waals surface area (Å²) in [5.74, 6) is 0.157. The van der Waals surface area contributed by atoms with Gasteiger partial charge in [-0.2, -0.15) is 0 Å². The molecule has 7 nitrogen and oxygen atoms in total. The van der Waals surface area contributed by atoms with E-state index in [0.717, 1.165) is 61.9 Å². The number of carbonyl (C=O) groups is 1. The van der Waals surface area contributed by atoms with Crippen LogP contribution in [0, 0.1) is 0 Å². The zero-order chi connectivity index (χ0) is 22.0. The molecule has 0 bridgehead atoms. The van der Waals surface area contributed by atoms with Gasteiger partial charge in [-0.15, -0.1) is 0 Å². The second kappa shape index (κ2) is 8.77. The lowest BCUT2D eigenvalue weighted by molar-refractivity contribution is -0.00429. The monoisotopic (exact) mass is 423 g/mol. The van der Waals surface area contributed by atoms with Crippen LogP contribution < -0.4 is 21.3 Å². The largest absolute Gasteiger partial charge is 0.399 e. The molecule has 2 aliphatic rings. The van der Waals surface area contributed by atoms with Crippen LogP contribution in [0.5, 0.6) is 0 Å². The quantitative estimate of drug-likeness (QED) is 0.564. The fourth-order valence-corrected chi connectivity index (χ4v) is 4.51. The maximum atomic E-state index is 13.2. The molecule has 0 saturated carbocycles. The Labute approximate surface area is 184 Å². The Morgan fingerprint density at radius 3 is 2.10 bits per heavy atom. The standard InChI is InChI=1S/C24H33N5O2/c1-24(2,29-13-15-31-16-14-29)23(30)18-3-6-20(7-4-18)27-9-11-28(12-10-27)22-8-5-19(25)17-21(22)26/h3-8,17H,9-16,25-26H2,1-2H3. The molecule has 31 heavy (non-hydrogen) atoms. The van der Waals surface area contributed by atoms with Crippen molar-refractivity contribution in [2.45, 2.75) is 19.4 Å². The number of nitrogens with zero attached hydrogens (tertiary/aromatic N) is 3. The molecule has 2 aromatic rings. The molecule has 0 aromatic heterocycles. The molecule has 2 aromatic carbocycles. The number of rotatable bonds is 5. The Hall–Kier alpha value is -2.77. The highest BCUT2D eigenvalue weighted by atomic mass is 16.5. The molecule has 166 valence electrons. The van der Waals surface area contributed by atoms with Gasteiger partial charge in [0.25, 0.3) is 0 Å². The number of nitrogen functional groups attached to an aromatic ring is 2. The first kappa shape index (κ1) is 21.5. The Balaban J connectivity index is 1.39. The van der Waals surface area contributed by atoms with Crippen LogP contribution in [0.3, 0.4) is 0 Å². The first-order valence-electron chi connectivity index (χ1n) is 11.0. The SMILES string of the molecule is CC(C)(C(=O)c1ccc(N2CCN(c3ccc(N)cc3N)CC2)cc1)N1CCOCC1. The summed E-state index contributed by atoms with van der Waals surface area (Å²) in [7, 11) is 0. The van der Waals surface area contributed by atoms with Gasteiger partial charge in [-0.1, -0.05) is 0 Å². The van der Waals surface area contributed by atoms with Gasteiger partial charge < -0.3 is 26.0 Å². The number of carbonyl (C=O) groups excluding carboxylic acids is 1. The van der Waals surface area contributed by atoms with Crippen LogP contribution in [0.15, 0.2) is 42.5 Å². The first-order valence-corrected chi connectivity index (χ1v) is 11.0. The van der Waals surface area contributed by atoms with E-state index in [2.05, 4.69) is 26.8 Å². The number of benzene rings is 2. The number of nitrogens with two attached hydrogens (primary N) is 2. The number of ether oxygens (including phenoxy) is 1. The topological polar surface area (TPSA) is 88.1 Å². The molecule has 0 amide bonds. The van der Waals surface area contributed by atoms with Crippen molar-refractivity contribution < 1.29 is 9.53 Å². The van der Waals surface area contributed by atoms with Crippen LogP contribution in [0.25, 0.3) is 0 Å². The minimum Gasteiger partial charge on any atom is -0.399 e. The highest BCUT2D eigenvalue weighted by Crippen LogP contribution is 2.28. The van der Waals surface area contributed by atoms with E-state index in [9.17, 15) is 4.79 Å². The lowest BCUT2D eigenvalue weighted by Gasteiger charge is -2.39. The van der Waals surface area contributed by atoms with E-state index in [4.69, 9.17) is 16.2 Å². The van der Waals surface area contributed by atoms with Crippen molar-refractivity contribution >= 4 is 28.5 Å². The smallest absolute Gasteiger partial charge is 0.182 e. The molecule has 0 unspecified atom stereocenters. The van der Waals surface area contributed by atoms with E-state index < -0.39 is 5.54 Å². The number of ketones is 1. The van der Waals surface area contributed by atoms with Crippen molar-refractivity contribution in [2.75, 3.05) is 73.7 Å². The lowest BCUT2D eigenvalue weighted by Crippen LogP contribution is -2.54. The molecule has 4 rings (SSSR count). The molecule has 0 aliphatic carbocycles. The molecule has 2 heterocycles. The van der Waals surface area contributed by atoms with Gasteiger partial charge in [-0.3, -0.25) is 9.69 Å². The van der Waals surface area contributed by atoms with Crippen LogP contribution in [0.1, 0.15) is 24.2 Å². The predicted octanol–water partition coefficient (Wildman–Crippen LogP) is 2.47. The summed E-state index contributed by atoms with van der Waals surface area (Å²) in [5, 5.41) is 0. The molecule has 4 N–H and O–H groups in total. The van der Waals surface area contributed by atoms with Gasteiger partial charge >= 0.3 is 0 Å². The summed E-state index contributed by atoms with van der Waals surface area (Å²) >= 11 is 0. The Kier molecular flexibility index (Phi) is 6.07. The van der Waals surface area contributed by atoms with Gasteiger partial charge in [-0.05, 0) is 56.3 Å². The van der Waals surface area contributed by atoms with Crippen LogP contribution in [0.2, 0.25) is 0 Å². The van der Waals surface area contributed by atoms with E-state index >= 15 is 0 Å². The zero-order valence-corrected chi connectivity index (χ0v) is 18.5. The average Bonchev–Trinajstić information content (AvgIpc) is 2.79. The Morgan fingerprint density at radius 2 is 1.48 bits per heavy atom. The van der Waals surface area contributed by atoms with E-state index in [-0.39, 0.29) is 5.78 Å². The molecular weight excluding hydrogens is 390 g/mol. The predicted molar refractivity (Wildman–Crippen MR) is 127 cm³/mol. The first-order chi connectivity index (χ1) is 14.9. The molecule has 0 atom stereocenters. The third kappa shape index (κ3) is 4.48. The maximum absolute atomic E-state index is 13.2. The van der Waals surface area contributed by atoms with Crippen LogP contribution in [0.4, 0.5) is 22.7 Å². The molecular formula is C24H33N5O2. The van der Waals surface area contributed by atoms with Gasteiger partial charge in [-0.25, -0.2) is 0 Å². The number of Topliss-reactive ketones (excluding diaryl/α,β-unsaturated/α-hetero) is 1. The van der Waals surface area contributed by atoms with Crippen LogP contribution >= 0.6 is 0 Å². The second-order valence-electron chi connectivity index (χ2n) is 8.83. The molecule has 0 spiro atoms. The van der Waals surface area contributed by atoms with Crippen molar-refractivity contribution in [3.05, 3.63) is 48.0 Å². The van der Waals surface area contributed by atoms with Gasteiger partial charge in [0, 0.05) is 56.2 Å². The third-order valence-corrected chi connectivity index (χ3v) is 6.52. The summed E-state index contributed by atoms with van der Waals surface area (Å²) in [4.78, 5) is 20.1. The highest BCUT2D eigenvalue weighted by molar-refractivity contribution is 6.03. The Morgan fingerprint density at radius 1 is 0.871 bits per heavy atom. The molecule has 2 fully saturated rings. The van der Waals surface area contributed by atoms with Crippen LogP contribution in [-0.4, -0.2) is 68.7 Å². The van der Waals surface area contributed by atoms with Crippen molar-refractivity contribution in [1.82, 2.24) is 4.90 Å².